The van der Waals surface area contributed by atoms with Gasteiger partial charge in [0.2, 0.25) is 0 Å². The summed E-state index contributed by atoms with van der Waals surface area (Å²) in [5.41, 5.74) is 1.82. The predicted molar refractivity (Wildman–Crippen MR) is 89.6 cm³/mol. The van der Waals surface area contributed by atoms with E-state index in [1.807, 2.05) is 24.5 Å². The third-order valence-corrected chi connectivity index (χ3v) is 4.09. The molecule has 0 radical (unpaired) electrons. The van der Waals surface area contributed by atoms with E-state index in [2.05, 4.69) is 15.3 Å². The van der Waals surface area contributed by atoms with E-state index in [0.717, 1.165) is 4.90 Å². The Morgan fingerprint density at radius 3 is 2.86 bits per heavy atom. The first-order valence-electron chi connectivity index (χ1n) is 6.44. The van der Waals surface area contributed by atoms with Crippen LogP contribution in [0.15, 0.2) is 41.3 Å². The van der Waals surface area contributed by atoms with Crippen LogP contribution in [0.5, 0.6) is 0 Å². The van der Waals surface area contributed by atoms with Crippen LogP contribution >= 0.6 is 24.0 Å². The molecule has 0 aliphatic heterocycles. The van der Waals surface area contributed by atoms with Crippen molar-refractivity contribution in [2.45, 2.75) is 4.90 Å². The van der Waals surface area contributed by atoms with E-state index >= 15 is 0 Å². The summed E-state index contributed by atoms with van der Waals surface area (Å²) in [7, 11) is 0. The molecule has 0 atom stereocenters. The summed E-state index contributed by atoms with van der Waals surface area (Å²) in [6.07, 6.45) is 1.96. The van der Waals surface area contributed by atoms with Gasteiger partial charge in [0.25, 0.3) is 5.91 Å². The monoisotopic (exact) mass is 333 g/mol. The van der Waals surface area contributed by atoms with Crippen LogP contribution in [0.1, 0.15) is 10.4 Å². The van der Waals surface area contributed by atoms with E-state index in [-0.39, 0.29) is 5.56 Å². The van der Waals surface area contributed by atoms with Gasteiger partial charge in [-0.1, -0.05) is 6.07 Å². The lowest BCUT2D eigenvalue weighted by Gasteiger charge is -2.07. The second kappa shape index (κ2) is 5.94. The Hall–Kier alpha value is -2.12. The molecule has 0 bridgehead atoms. The summed E-state index contributed by atoms with van der Waals surface area (Å²) in [5.74, 6) is -0.895. The van der Waals surface area contributed by atoms with E-state index in [1.165, 1.54) is 12.1 Å². The first kappa shape index (κ1) is 14.8. The molecule has 0 fully saturated rings. The number of aromatic amines is 2. The Bertz CT molecular complexity index is 917. The smallest absolute Gasteiger partial charge is 0.257 e. The molecule has 0 aliphatic carbocycles. The fourth-order valence-electron chi connectivity index (χ4n) is 2.19. The van der Waals surface area contributed by atoms with Gasteiger partial charge in [-0.2, -0.15) is 0 Å². The van der Waals surface area contributed by atoms with Gasteiger partial charge in [-0.3, -0.25) is 4.79 Å². The molecule has 3 rings (SSSR count). The predicted octanol–water partition coefficient (Wildman–Crippen LogP) is 4.34. The molecular weight excluding hydrogens is 321 g/mol. The average Bonchev–Trinajstić information content (AvgIpc) is 2.86. The summed E-state index contributed by atoms with van der Waals surface area (Å²) < 4.78 is 14.0. The van der Waals surface area contributed by atoms with Crippen molar-refractivity contribution >= 4 is 46.6 Å². The Labute approximate surface area is 135 Å². The Kier molecular flexibility index (Phi) is 4.00. The summed E-state index contributed by atoms with van der Waals surface area (Å²) in [5, 5.41) is 2.77. The number of aromatic nitrogens is 2. The van der Waals surface area contributed by atoms with Gasteiger partial charge in [0.05, 0.1) is 16.6 Å². The number of hydrogen-bond donors (Lipinski definition) is 3. The van der Waals surface area contributed by atoms with Crippen LogP contribution in [-0.2, 0) is 0 Å². The number of imidazole rings is 1. The molecule has 0 spiro atoms. The lowest BCUT2D eigenvalue weighted by Crippen LogP contribution is -2.13. The number of rotatable bonds is 3. The van der Waals surface area contributed by atoms with Gasteiger partial charge in [0.1, 0.15) is 5.82 Å². The van der Waals surface area contributed by atoms with Crippen LogP contribution in [0.25, 0.3) is 11.0 Å². The number of benzene rings is 2. The molecular formula is C15H12FN3OS2. The van der Waals surface area contributed by atoms with Crippen molar-refractivity contribution in [1.82, 2.24) is 9.97 Å². The standard InChI is InChI=1S/C15H12FN3OS2/c1-22-10-4-2-3-9(7-10)17-14(20)11-5-8(16)6-12-13(11)19-15(21)18-12/h2-7H,1H3,(H,17,20)(H2,18,19,21). The molecule has 0 saturated heterocycles. The first-order valence-corrected chi connectivity index (χ1v) is 8.07. The number of carbonyl (C=O) groups is 1. The van der Waals surface area contributed by atoms with Crippen molar-refractivity contribution in [2.75, 3.05) is 11.6 Å². The zero-order valence-corrected chi connectivity index (χ0v) is 13.2. The van der Waals surface area contributed by atoms with Crippen molar-refractivity contribution in [2.24, 2.45) is 0 Å². The summed E-state index contributed by atoms with van der Waals surface area (Å²) in [4.78, 5) is 19.2. The number of halogens is 1. The molecule has 22 heavy (non-hydrogen) atoms. The average molecular weight is 333 g/mol. The van der Waals surface area contributed by atoms with Crippen LogP contribution in [0.2, 0.25) is 0 Å². The van der Waals surface area contributed by atoms with Crippen LogP contribution in [0.4, 0.5) is 10.1 Å². The van der Waals surface area contributed by atoms with Gasteiger partial charge in [-0.05, 0) is 48.8 Å². The molecule has 2 aromatic carbocycles. The highest BCUT2D eigenvalue weighted by atomic mass is 32.2. The van der Waals surface area contributed by atoms with Crippen LogP contribution in [-0.4, -0.2) is 22.1 Å². The maximum absolute atomic E-state index is 13.7. The molecule has 0 unspecified atom stereocenters. The Balaban J connectivity index is 1.99. The lowest BCUT2D eigenvalue weighted by atomic mass is 10.1. The maximum Gasteiger partial charge on any atom is 0.257 e. The summed E-state index contributed by atoms with van der Waals surface area (Å²) >= 11 is 6.57. The number of thioether (sulfide) groups is 1. The minimum atomic E-state index is -0.499. The van der Waals surface area contributed by atoms with Gasteiger partial charge < -0.3 is 15.3 Å². The highest BCUT2D eigenvalue weighted by Crippen LogP contribution is 2.22. The molecule has 0 saturated carbocycles. The molecule has 3 aromatic rings. The minimum Gasteiger partial charge on any atom is -0.331 e. The zero-order valence-electron chi connectivity index (χ0n) is 11.6. The van der Waals surface area contributed by atoms with E-state index in [1.54, 1.807) is 17.8 Å². The van der Waals surface area contributed by atoms with Crippen molar-refractivity contribution in [3.63, 3.8) is 0 Å². The second-order valence-electron chi connectivity index (χ2n) is 4.64. The number of hydrogen-bond acceptors (Lipinski definition) is 3. The first-order chi connectivity index (χ1) is 10.6. The molecule has 0 aliphatic rings. The lowest BCUT2D eigenvalue weighted by molar-refractivity contribution is 0.102. The van der Waals surface area contributed by atoms with Gasteiger partial charge in [0.15, 0.2) is 4.77 Å². The van der Waals surface area contributed by atoms with Crippen molar-refractivity contribution in [3.8, 4) is 0 Å². The highest BCUT2D eigenvalue weighted by Gasteiger charge is 2.14. The number of H-pyrrole nitrogens is 2. The topological polar surface area (TPSA) is 60.7 Å². The molecule has 7 heteroatoms. The molecule has 4 nitrogen and oxygen atoms in total. The number of anilines is 1. The minimum absolute atomic E-state index is 0.205. The quantitative estimate of drug-likeness (QED) is 0.493. The van der Waals surface area contributed by atoms with Crippen molar-refractivity contribution < 1.29 is 9.18 Å². The molecule has 1 amide bonds. The Morgan fingerprint density at radius 1 is 1.27 bits per heavy atom. The number of fused-ring (bicyclic) bond motifs is 1. The van der Waals surface area contributed by atoms with Gasteiger partial charge in [0, 0.05) is 10.6 Å². The van der Waals surface area contributed by atoms with Gasteiger partial charge >= 0.3 is 0 Å². The summed E-state index contributed by atoms with van der Waals surface area (Å²) in [6.45, 7) is 0. The molecule has 112 valence electrons. The van der Waals surface area contributed by atoms with E-state index in [9.17, 15) is 9.18 Å². The number of amides is 1. The fraction of sp³-hybridized carbons (Fsp3) is 0.0667. The largest absolute Gasteiger partial charge is 0.331 e. The fourth-order valence-corrected chi connectivity index (χ4v) is 2.86. The molecule has 1 heterocycles. The zero-order chi connectivity index (χ0) is 15.7. The SMILES string of the molecule is CSc1cccc(NC(=O)c2cc(F)cc3[nH]c(=S)[nH]c23)c1. The van der Waals surface area contributed by atoms with Crippen molar-refractivity contribution in [3.05, 3.63) is 52.5 Å². The number of nitrogens with one attached hydrogen (secondary N) is 3. The third-order valence-electron chi connectivity index (χ3n) is 3.16. The van der Waals surface area contributed by atoms with E-state index in [4.69, 9.17) is 12.2 Å². The Morgan fingerprint density at radius 2 is 2.09 bits per heavy atom. The van der Waals surface area contributed by atoms with Crippen LogP contribution in [0.3, 0.4) is 0 Å². The maximum atomic E-state index is 13.7. The van der Waals surface area contributed by atoms with Crippen LogP contribution in [0, 0.1) is 10.6 Å². The van der Waals surface area contributed by atoms with Crippen molar-refractivity contribution in [1.29, 1.82) is 0 Å². The third kappa shape index (κ3) is 2.90. The summed E-state index contributed by atoms with van der Waals surface area (Å²) in [6, 6.07) is 9.93. The van der Waals surface area contributed by atoms with E-state index < -0.39 is 11.7 Å². The normalized spacial score (nSPS) is 10.8. The van der Waals surface area contributed by atoms with Gasteiger partial charge in [-0.25, -0.2) is 4.39 Å². The van der Waals surface area contributed by atoms with Gasteiger partial charge in [-0.15, -0.1) is 11.8 Å². The second-order valence-corrected chi connectivity index (χ2v) is 5.93. The van der Waals surface area contributed by atoms with Crippen LogP contribution < -0.4 is 5.32 Å². The molecule has 3 N–H and O–H groups in total. The molecule has 1 aromatic heterocycles. The van der Waals surface area contributed by atoms with E-state index in [0.29, 0.717) is 21.5 Å². The number of carbonyl (C=O) groups excluding carboxylic acids is 1. The highest BCUT2D eigenvalue weighted by molar-refractivity contribution is 7.98.